The second kappa shape index (κ2) is 8.67. The van der Waals surface area contributed by atoms with Gasteiger partial charge in [-0.2, -0.15) is 0 Å². The fourth-order valence-electron chi connectivity index (χ4n) is 2.97. The zero-order chi connectivity index (χ0) is 19.4. The highest BCUT2D eigenvalue weighted by molar-refractivity contribution is 7.17. The Hall–Kier alpha value is -2.19. The van der Waals surface area contributed by atoms with Gasteiger partial charge in [0, 0.05) is 35.8 Å². The molecule has 1 aliphatic rings. The molecule has 0 aromatic carbocycles. The summed E-state index contributed by atoms with van der Waals surface area (Å²) in [5.74, 6) is -0.413. The number of anilines is 1. The van der Waals surface area contributed by atoms with E-state index in [1.54, 1.807) is 4.90 Å². The van der Waals surface area contributed by atoms with E-state index in [2.05, 4.69) is 12.2 Å². The lowest BCUT2D eigenvalue weighted by Gasteiger charge is -2.30. The minimum atomic E-state index is -0.595. The van der Waals surface area contributed by atoms with E-state index < -0.39 is 5.97 Å². The maximum absolute atomic E-state index is 12.7. The highest BCUT2D eigenvalue weighted by atomic mass is 32.1. The van der Waals surface area contributed by atoms with Gasteiger partial charge in [0.1, 0.15) is 10.6 Å². The van der Waals surface area contributed by atoms with Gasteiger partial charge in [0.2, 0.25) is 5.91 Å². The van der Waals surface area contributed by atoms with Crippen LogP contribution >= 0.6 is 22.7 Å². The molecular weight excluding hydrogens is 384 g/mol. The summed E-state index contributed by atoms with van der Waals surface area (Å²) in [6.07, 6.45) is 1.94. The van der Waals surface area contributed by atoms with Gasteiger partial charge in [-0.25, -0.2) is 4.79 Å². The highest BCUT2D eigenvalue weighted by Gasteiger charge is 2.25. The van der Waals surface area contributed by atoms with Gasteiger partial charge >= 0.3 is 5.97 Å². The SMILES string of the molecule is CC(=O)Nc1scc(-c2cccs2)c1C(=O)OCC(=O)N1CCC(C)CC1. The molecule has 1 N–H and O–H groups in total. The summed E-state index contributed by atoms with van der Waals surface area (Å²) in [5, 5.41) is 6.86. The summed E-state index contributed by atoms with van der Waals surface area (Å²) in [6, 6.07) is 3.80. The van der Waals surface area contributed by atoms with Crippen LogP contribution in [-0.4, -0.2) is 42.4 Å². The number of piperidine rings is 1. The molecule has 1 fully saturated rings. The number of esters is 1. The van der Waals surface area contributed by atoms with Crippen LogP contribution in [0.25, 0.3) is 10.4 Å². The zero-order valence-corrected chi connectivity index (χ0v) is 17.0. The predicted molar refractivity (Wildman–Crippen MR) is 107 cm³/mol. The number of hydrogen-bond donors (Lipinski definition) is 1. The third-order valence-electron chi connectivity index (χ3n) is 4.53. The number of nitrogens with zero attached hydrogens (tertiary/aromatic N) is 1. The number of likely N-dealkylation sites (tertiary alicyclic amines) is 1. The first-order chi connectivity index (χ1) is 13.0. The average molecular weight is 407 g/mol. The van der Waals surface area contributed by atoms with Crippen molar-refractivity contribution in [3.8, 4) is 10.4 Å². The van der Waals surface area contributed by atoms with E-state index in [-0.39, 0.29) is 18.4 Å². The van der Waals surface area contributed by atoms with Gasteiger partial charge < -0.3 is 15.0 Å². The number of carbonyl (C=O) groups is 3. The smallest absolute Gasteiger partial charge is 0.342 e. The van der Waals surface area contributed by atoms with Crippen molar-refractivity contribution in [3.05, 3.63) is 28.5 Å². The molecule has 0 bridgehead atoms. The van der Waals surface area contributed by atoms with Crippen LogP contribution in [0.1, 0.15) is 37.0 Å². The molecule has 1 aliphatic heterocycles. The van der Waals surface area contributed by atoms with Crippen molar-refractivity contribution < 1.29 is 19.1 Å². The monoisotopic (exact) mass is 406 g/mol. The van der Waals surface area contributed by atoms with Gasteiger partial charge in [0.15, 0.2) is 6.61 Å². The standard InChI is InChI=1S/C19H22N2O4S2/c1-12-5-7-21(8-6-12)16(23)10-25-19(24)17-14(15-4-3-9-26-15)11-27-18(17)20-13(2)22/h3-4,9,11-12H,5-8,10H2,1-2H3,(H,20,22). The molecule has 144 valence electrons. The molecule has 0 spiro atoms. The van der Waals surface area contributed by atoms with Crippen LogP contribution in [0.3, 0.4) is 0 Å². The van der Waals surface area contributed by atoms with Crippen LogP contribution in [-0.2, 0) is 14.3 Å². The van der Waals surface area contributed by atoms with Gasteiger partial charge in [-0.15, -0.1) is 22.7 Å². The first-order valence-electron chi connectivity index (χ1n) is 8.83. The van der Waals surface area contributed by atoms with Gasteiger partial charge in [0.05, 0.1) is 0 Å². The largest absolute Gasteiger partial charge is 0.452 e. The highest BCUT2D eigenvalue weighted by Crippen LogP contribution is 2.38. The number of carbonyl (C=O) groups excluding carboxylic acids is 3. The molecule has 2 aromatic rings. The molecule has 6 nitrogen and oxygen atoms in total. The summed E-state index contributed by atoms with van der Waals surface area (Å²) in [5.41, 5.74) is 1.01. The zero-order valence-electron chi connectivity index (χ0n) is 15.3. The lowest BCUT2D eigenvalue weighted by molar-refractivity contribution is -0.135. The quantitative estimate of drug-likeness (QED) is 0.765. The molecule has 0 saturated carbocycles. The van der Waals surface area contributed by atoms with Crippen molar-refractivity contribution in [3.63, 3.8) is 0 Å². The molecule has 8 heteroatoms. The first kappa shape index (κ1) is 19.6. The lowest BCUT2D eigenvalue weighted by atomic mass is 9.99. The number of thiophene rings is 2. The average Bonchev–Trinajstić information content (AvgIpc) is 3.29. The maximum atomic E-state index is 12.7. The summed E-state index contributed by atoms with van der Waals surface area (Å²) in [7, 11) is 0. The minimum Gasteiger partial charge on any atom is -0.452 e. The van der Waals surface area contributed by atoms with Crippen LogP contribution in [0.15, 0.2) is 22.9 Å². The van der Waals surface area contributed by atoms with E-state index in [0.717, 1.165) is 17.7 Å². The Morgan fingerprint density at radius 1 is 1.26 bits per heavy atom. The normalized spacial score (nSPS) is 14.8. The van der Waals surface area contributed by atoms with Crippen LogP contribution < -0.4 is 5.32 Å². The van der Waals surface area contributed by atoms with Crippen molar-refractivity contribution in [2.24, 2.45) is 5.92 Å². The molecule has 2 amide bonds. The van der Waals surface area contributed by atoms with Crippen LogP contribution in [0.5, 0.6) is 0 Å². The number of nitrogens with one attached hydrogen (secondary N) is 1. The Labute approximate surface area is 166 Å². The van der Waals surface area contributed by atoms with Crippen LogP contribution in [0, 0.1) is 5.92 Å². The summed E-state index contributed by atoms with van der Waals surface area (Å²) in [6.45, 7) is 4.68. The van der Waals surface area contributed by atoms with E-state index in [1.807, 2.05) is 22.9 Å². The maximum Gasteiger partial charge on any atom is 0.342 e. The van der Waals surface area contributed by atoms with Crippen molar-refractivity contribution in [2.45, 2.75) is 26.7 Å². The minimum absolute atomic E-state index is 0.177. The second-order valence-corrected chi connectivity index (χ2v) is 8.48. The van der Waals surface area contributed by atoms with Crippen LogP contribution in [0.4, 0.5) is 5.00 Å². The van der Waals surface area contributed by atoms with Gasteiger partial charge in [-0.05, 0) is 30.2 Å². The van der Waals surface area contributed by atoms with Crippen molar-refractivity contribution in [1.82, 2.24) is 4.90 Å². The predicted octanol–water partition coefficient (Wildman–Crippen LogP) is 3.85. The van der Waals surface area contributed by atoms with Crippen molar-refractivity contribution >= 4 is 45.5 Å². The molecule has 2 aromatic heterocycles. The number of amides is 2. The molecule has 0 radical (unpaired) electrons. The van der Waals surface area contributed by atoms with Gasteiger partial charge in [0.25, 0.3) is 5.91 Å². The van der Waals surface area contributed by atoms with E-state index in [1.165, 1.54) is 29.6 Å². The second-order valence-electron chi connectivity index (χ2n) is 6.65. The first-order valence-corrected chi connectivity index (χ1v) is 10.6. The Morgan fingerprint density at radius 3 is 2.63 bits per heavy atom. The fourth-order valence-corrected chi connectivity index (χ4v) is 4.79. The van der Waals surface area contributed by atoms with E-state index >= 15 is 0 Å². The van der Waals surface area contributed by atoms with Crippen molar-refractivity contribution in [1.29, 1.82) is 0 Å². The molecule has 1 saturated heterocycles. The molecule has 27 heavy (non-hydrogen) atoms. The number of rotatable bonds is 5. The van der Waals surface area contributed by atoms with Gasteiger partial charge in [-0.3, -0.25) is 9.59 Å². The Kier molecular flexibility index (Phi) is 6.28. The lowest BCUT2D eigenvalue weighted by Crippen LogP contribution is -2.40. The van der Waals surface area contributed by atoms with E-state index in [9.17, 15) is 14.4 Å². The molecule has 0 atom stereocenters. The van der Waals surface area contributed by atoms with E-state index in [4.69, 9.17) is 4.74 Å². The summed E-state index contributed by atoms with van der Waals surface area (Å²) in [4.78, 5) is 39.2. The van der Waals surface area contributed by atoms with E-state index in [0.29, 0.717) is 35.1 Å². The van der Waals surface area contributed by atoms with Crippen molar-refractivity contribution in [2.75, 3.05) is 25.0 Å². The summed E-state index contributed by atoms with van der Waals surface area (Å²) < 4.78 is 5.32. The Bertz CT molecular complexity index is 821. The third kappa shape index (κ3) is 4.75. The molecular formula is C19H22N2O4S2. The third-order valence-corrected chi connectivity index (χ3v) is 6.33. The van der Waals surface area contributed by atoms with Crippen LogP contribution in [0.2, 0.25) is 0 Å². The molecule has 3 heterocycles. The van der Waals surface area contributed by atoms with Gasteiger partial charge in [-0.1, -0.05) is 13.0 Å². The number of ether oxygens (including phenoxy) is 1. The topological polar surface area (TPSA) is 75.7 Å². The molecule has 3 rings (SSSR count). The summed E-state index contributed by atoms with van der Waals surface area (Å²) >= 11 is 2.77. The Morgan fingerprint density at radius 2 is 2.00 bits per heavy atom. The molecule has 0 aliphatic carbocycles. The number of hydrogen-bond acceptors (Lipinski definition) is 6. The fraction of sp³-hybridized carbons (Fsp3) is 0.421. The molecule has 0 unspecified atom stereocenters. The Balaban J connectivity index is 1.72.